The predicted octanol–water partition coefficient (Wildman–Crippen LogP) is 9.05. The van der Waals surface area contributed by atoms with E-state index < -0.39 is 8.07 Å². The maximum Gasteiger partial charge on any atom is 0.246 e. The summed E-state index contributed by atoms with van der Waals surface area (Å²) in [5.74, 6) is 0. The highest BCUT2D eigenvalue weighted by atomic mass is 28.3. The van der Waals surface area contributed by atoms with Crippen LogP contribution in [0.5, 0.6) is 0 Å². The number of fused-ring (bicyclic) bond motifs is 4. The van der Waals surface area contributed by atoms with Gasteiger partial charge in [-0.3, -0.25) is 0 Å². The Kier molecular flexibility index (Phi) is 7.25. The highest BCUT2D eigenvalue weighted by molar-refractivity contribution is 7.15. The molecule has 3 heteroatoms. The van der Waals surface area contributed by atoms with E-state index in [1.165, 1.54) is 66.8 Å². The standard InChI is InChI=1S/C46H46BNSi/c1-45(2,3)35-24-19-31(20-25-35)33-13-11-14-37(29-33)48-40-16-12-18-43-44(40)47(39-15-9-10-17-42(39)49(43,7)8)38-28-23-34(30-41(38)48)32-21-26-36(27-22-32)46(4,5)6/h9-30H,1-8H3. The van der Waals surface area contributed by atoms with Gasteiger partial charge >= 0.3 is 0 Å². The van der Waals surface area contributed by atoms with Gasteiger partial charge in [-0.15, -0.1) is 0 Å². The van der Waals surface area contributed by atoms with Crippen LogP contribution in [0.3, 0.4) is 0 Å². The Balaban J connectivity index is 1.34. The summed E-state index contributed by atoms with van der Waals surface area (Å²) in [5.41, 5.74) is 16.1. The number of benzene rings is 6. The van der Waals surface area contributed by atoms with E-state index in [1.54, 1.807) is 10.4 Å². The summed E-state index contributed by atoms with van der Waals surface area (Å²) in [7, 11) is -1.93. The smallest absolute Gasteiger partial charge is 0.246 e. The van der Waals surface area contributed by atoms with Crippen LogP contribution in [0.2, 0.25) is 13.1 Å². The van der Waals surface area contributed by atoms with Gasteiger partial charge in [-0.25, -0.2) is 0 Å². The van der Waals surface area contributed by atoms with Gasteiger partial charge in [0.15, 0.2) is 0 Å². The largest absolute Gasteiger partial charge is 0.311 e. The van der Waals surface area contributed by atoms with Crippen LogP contribution in [0.15, 0.2) is 133 Å². The van der Waals surface area contributed by atoms with Crippen molar-refractivity contribution in [1.82, 2.24) is 0 Å². The molecule has 2 heterocycles. The third kappa shape index (κ3) is 5.22. The second-order valence-electron chi connectivity index (χ2n) is 16.7. The molecule has 0 spiro atoms. The summed E-state index contributed by atoms with van der Waals surface area (Å²) in [5, 5.41) is 3.12. The van der Waals surface area contributed by atoms with Crippen LogP contribution in [-0.2, 0) is 10.8 Å². The first-order valence-corrected chi connectivity index (χ1v) is 20.8. The number of hydrogen-bond acceptors (Lipinski definition) is 1. The summed E-state index contributed by atoms with van der Waals surface area (Å²) in [6.45, 7) is 18.9. The van der Waals surface area contributed by atoms with Crippen LogP contribution < -0.4 is 31.7 Å². The van der Waals surface area contributed by atoms with E-state index in [4.69, 9.17) is 0 Å². The predicted molar refractivity (Wildman–Crippen MR) is 217 cm³/mol. The molecule has 1 nitrogen and oxygen atoms in total. The van der Waals surface area contributed by atoms with Gasteiger partial charge in [-0.2, -0.15) is 0 Å². The van der Waals surface area contributed by atoms with Gasteiger partial charge in [-0.05, 0) is 79.4 Å². The second-order valence-corrected chi connectivity index (χ2v) is 21.0. The van der Waals surface area contributed by atoms with E-state index in [2.05, 4.69) is 193 Å². The lowest BCUT2D eigenvalue weighted by Gasteiger charge is -2.44. The van der Waals surface area contributed by atoms with Crippen molar-refractivity contribution in [2.24, 2.45) is 0 Å². The fourth-order valence-corrected chi connectivity index (χ4v) is 11.5. The fraction of sp³-hybridized carbons (Fsp3) is 0.217. The van der Waals surface area contributed by atoms with E-state index in [0.29, 0.717) is 0 Å². The summed E-state index contributed by atoms with van der Waals surface area (Å²) in [6.07, 6.45) is 0. The molecule has 242 valence electrons. The maximum atomic E-state index is 2.56. The molecular weight excluding hydrogens is 605 g/mol. The molecular formula is C46H46BNSi. The quantitative estimate of drug-likeness (QED) is 0.172. The zero-order chi connectivity index (χ0) is 34.3. The minimum Gasteiger partial charge on any atom is -0.311 e. The van der Waals surface area contributed by atoms with Gasteiger partial charge in [0.1, 0.15) is 8.07 Å². The minimum atomic E-state index is -1.93. The molecule has 0 bridgehead atoms. The average Bonchev–Trinajstić information content (AvgIpc) is 3.09. The first-order valence-electron chi connectivity index (χ1n) is 17.8. The highest BCUT2D eigenvalue weighted by Gasteiger charge is 2.46. The maximum absolute atomic E-state index is 2.56. The zero-order valence-electron chi connectivity index (χ0n) is 30.2. The summed E-state index contributed by atoms with van der Waals surface area (Å²) in [4.78, 5) is 2.56. The molecule has 8 rings (SSSR count). The Hall–Kier alpha value is -4.60. The SMILES string of the molecule is CC(C)(C)c1ccc(-c2cccc(N3c4cc(-c5ccc(C(C)(C)C)cc5)ccc4B4c5ccccc5[Si](C)(C)c5cccc3c54)c2)cc1. The molecule has 6 aromatic rings. The topological polar surface area (TPSA) is 3.24 Å². The van der Waals surface area contributed by atoms with E-state index >= 15 is 0 Å². The van der Waals surface area contributed by atoms with Crippen molar-refractivity contribution in [1.29, 1.82) is 0 Å². The van der Waals surface area contributed by atoms with Gasteiger partial charge in [0.05, 0.1) is 0 Å². The highest BCUT2D eigenvalue weighted by Crippen LogP contribution is 2.40. The van der Waals surface area contributed by atoms with Gasteiger partial charge in [0.25, 0.3) is 0 Å². The van der Waals surface area contributed by atoms with E-state index in [9.17, 15) is 0 Å². The molecule has 0 fully saturated rings. The van der Waals surface area contributed by atoms with Gasteiger partial charge in [0.2, 0.25) is 6.71 Å². The van der Waals surface area contributed by atoms with Gasteiger partial charge in [-0.1, -0.05) is 180 Å². The first-order chi connectivity index (χ1) is 23.3. The van der Waals surface area contributed by atoms with Crippen molar-refractivity contribution < 1.29 is 0 Å². The van der Waals surface area contributed by atoms with Crippen LogP contribution in [-0.4, -0.2) is 14.8 Å². The van der Waals surface area contributed by atoms with E-state index in [0.717, 1.165) is 0 Å². The molecule has 2 aliphatic rings. The lowest BCUT2D eigenvalue weighted by Crippen LogP contribution is -2.78. The molecule has 0 aromatic heterocycles. The number of rotatable bonds is 3. The normalized spacial score (nSPS) is 14.6. The Morgan fingerprint density at radius 3 is 1.65 bits per heavy atom. The van der Waals surface area contributed by atoms with Crippen molar-refractivity contribution >= 4 is 58.6 Å². The van der Waals surface area contributed by atoms with Gasteiger partial charge in [0, 0.05) is 17.1 Å². The van der Waals surface area contributed by atoms with Crippen LogP contribution in [0.1, 0.15) is 52.7 Å². The molecule has 0 amide bonds. The molecule has 0 N–H and O–H groups in total. The Morgan fingerprint density at radius 2 is 1.02 bits per heavy atom. The van der Waals surface area contributed by atoms with Crippen LogP contribution in [0.4, 0.5) is 17.1 Å². The Bertz CT molecular complexity index is 2220. The molecule has 49 heavy (non-hydrogen) atoms. The summed E-state index contributed by atoms with van der Waals surface area (Å²) < 4.78 is 0. The molecule has 6 aromatic carbocycles. The van der Waals surface area contributed by atoms with E-state index in [1.807, 2.05) is 0 Å². The first kappa shape index (κ1) is 31.7. The van der Waals surface area contributed by atoms with E-state index in [-0.39, 0.29) is 17.5 Å². The number of hydrogen-bond donors (Lipinski definition) is 0. The molecule has 0 unspecified atom stereocenters. The number of nitrogens with zero attached hydrogens (tertiary/aromatic N) is 1. The molecule has 0 aliphatic carbocycles. The van der Waals surface area contributed by atoms with Crippen LogP contribution >= 0.6 is 0 Å². The Labute approximate surface area is 294 Å². The molecule has 2 aliphatic heterocycles. The summed E-state index contributed by atoms with van der Waals surface area (Å²) in [6, 6.07) is 51.1. The molecule has 0 saturated carbocycles. The molecule has 0 saturated heterocycles. The lowest BCUT2D eigenvalue weighted by molar-refractivity contribution is 0.590. The lowest BCUT2D eigenvalue weighted by atomic mass is 9.34. The third-order valence-corrected chi connectivity index (χ3v) is 14.7. The second kappa shape index (κ2) is 11.2. The molecule has 0 atom stereocenters. The molecule has 0 radical (unpaired) electrons. The third-order valence-electron chi connectivity index (χ3n) is 11.1. The zero-order valence-corrected chi connectivity index (χ0v) is 31.2. The van der Waals surface area contributed by atoms with Crippen molar-refractivity contribution in [2.45, 2.75) is 65.5 Å². The monoisotopic (exact) mass is 651 g/mol. The average molecular weight is 652 g/mol. The fourth-order valence-electron chi connectivity index (χ4n) is 8.26. The van der Waals surface area contributed by atoms with Crippen LogP contribution in [0, 0.1) is 0 Å². The summed E-state index contributed by atoms with van der Waals surface area (Å²) >= 11 is 0. The van der Waals surface area contributed by atoms with Crippen molar-refractivity contribution in [3.8, 4) is 22.3 Å². The van der Waals surface area contributed by atoms with Crippen molar-refractivity contribution in [3.05, 3.63) is 145 Å². The Morgan fingerprint density at radius 1 is 0.469 bits per heavy atom. The van der Waals surface area contributed by atoms with Crippen LogP contribution in [0.25, 0.3) is 22.3 Å². The minimum absolute atomic E-state index is 0.121. The number of anilines is 3. The van der Waals surface area contributed by atoms with Gasteiger partial charge < -0.3 is 4.90 Å². The van der Waals surface area contributed by atoms with Crippen molar-refractivity contribution in [3.63, 3.8) is 0 Å². The van der Waals surface area contributed by atoms with Crippen molar-refractivity contribution in [2.75, 3.05) is 4.90 Å².